The number of amides is 2. The SMILES string of the molecule is NC(=O)c1c(NC(=O)CSc2nc3cc(F)c(F)cc3[nH]2)sc2c1CCC2. The van der Waals surface area contributed by atoms with Crippen LogP contribution in [0.1, 0.15) is 27.2 Å². The number of carbonyl (C=O) groups excluding carboxylic acids is 2. The number of hydrogen-bond donors (Lipinski definition) is 3. The Hall–Kier alpha value is -2.46. The summed E-state index contributed by atoms with van der Waals surface area (Å²) < 4.78 is 26.5. The average molecular weight is 408 g/mol. The van der Waals surface area contributed by atoms with Crippen molar-refractivity contribution in [3.05, 3.63) is 39.8 Å². The number of nitrogens with one attached hydrogen (secondary N) is 2. The lowest BCUT2D eigenvalue weighted by molar-refractivity contribution is -0.113. The fourth-order valence-corrected chi connectivity index (χ4v) is 5.10. The highest BCUT2D eigenvalue weighted by molar-refractivity contribution is 7.99. The van der Waals surface area contributed by atoms with Gasteiger partial charge in [0.1, 0.15) is 5.00 Å². The smallest absolute Gasteiger partial charge is 0.251 e. The van der Waals surface area contributed by atoms with Crippen LogP contribution in [0.25, 0.3) is 11.0 Å². The summed E-state index contributed by atoms with van der Waals surface area (Å²) in [5, 5.41) is 3.59. The third kappa shape index (κ3) is 3.42. The van der Waals surface area contributed by atoms with Gasteiger partial charge in [-0.2, -0.15) is 0 Å². The molecule has 0 saturated heterocycles. The number of nitrogens with two attached hydrogens (primary N) is 1. The number of aromatic nitrogens is 2. The maximum Gasteiger partial charge on any atom is 0.251 e. The summed E-state index contributed by atoms with van der Waals surface area (Å²) in [5.41, 5.74) is 7.45. The molecule has 0 unspecified atom stereocenters. The molecule has 140 valence electrons. The fraction of sp³-hybridized carbons (Fsp3) is 0.235. The van der Waals surface area contributed by atoms with Gasteiger partial charge in [0.25, 0.3) is 5.91 Å². The largest absolute Gasteiger partial charge is 0.365 e. The Morgan fingerprint density at radius 2 is 2.07 bits per heavy atom. The second-order valence-electron chi connectivity index (χ2n) is 6.09. The predicted molar refractivity (Wildman–Crippen MR) is 100 cm³/mol. The molecule has 27 heavy (non-hydrogen) atoms. The number of thioether (sulfide) groups is 1. The molecule has 3 aromatic rings. The molecular weight excluding hydrogens is 394 g/mol. The molecule has 0 radical (unpaired) electrons. The Labute approximate surface area is 160 Å². The minimum absolute atomic E-state index is 0.0194. The lowest BCUT2D eigenvalue weighted by atomic mass is 10.1. The van der Waals surface area contributed by atoms with Gasteiger partial charge in [0, 0.05) is 17.0 Å². The number of aromatic amines is 1. The van der Waals surface area contributed by atoms with E-state index >= 15 is 0 Å². The zero-order valence-corrected chi connectivity index (χ0v) is 15.5. The molecule has 1 aliphatic carbocycles. The van der Waals surface area contributed by atoms with Crippen molar-refractivity contribution in [2.45, 2.75) is 24.4 Å². The van der Waals surface area contributed by atoms with Crippen LogP contribution >= 0.6 is 23.1 Å². The van der Waals surface area contributed by atoms with Gasteiger partial charge in [-0.15, -0.1) is 11.3 Å². The first-order valence-corrected chi connectivity index (χ1v) is 9.94. The normalized spacial score (nSPS) is 13.1. The molecule has 0 fully saturated rings. The molecule has 0 aliphatic heterocycles. The van der Waals surface area contributed by atoms with Gasteiger partial charge in [0.15, 0.2) is 16.8 Å². The molecule has 0 saturated carbocycles. The van der Waals surface area contributed by atoms with E-state index in [2.05, 4.69) is 15.3 Å². The first-order chi connectivity index (χ1) is 12.9. The Bertz CT molecular complexity index is 1040. The molecule has 2 amide bonds. The highest BCUT2D eigenvalue weighted by Crippen LogP contribution is 2.38. The van der Waals surface area contributed by atoms with E-state index in [-0.39, 0.29) is 17.2 Å². The van der Waals surface area contributed by atoms with Crippen molar-refractivity contribution in [2.24, 2.45) is 5.73 Å². The Morgan fingerprint density at radius 1 is 1.30 bits per heavy atom. The maximum atomic E-state index is 13.3. The molecule has 6 nitrogen and oxygen atoms in total. The molecule has 4 N–H and O–H groups in total. The van der Waals surface area contributed by atoms with Crippen LogP contribution in [0.15, 0.2) is 17.3 Å². The number of benzene rings is 1. The summed E-state index contributed by atoms with van der Waals surface area (Å²) in [6.07, 6.45) is 2.66. The molecule has 4 rings (SSSR count). The van der Waals surface area contributed by atoms with Crippen molar-refractivity contribution in [3.63, 3.8) is 0 Å². The minimum atomic E-state index is -0.979. The molecule has 0 bridgehead atoms. The van der Waals surface area contributed by atoms with E-state index in [1.165, 1.54) is 11.3 Å². The summed E-state index contributed by atoms with van der Waals surface area (Å²) in [6, 6.07) is 2.02. The molecule has 0 spiro atoms. The van der Waals surface area contributed by atoms with Gasteiger partial charge in [-0.3, -0.25) is 9.59 Å². The number of imidazole rings is 1. The molecular formula is C17H14F2N4O2S2. The molecule has 0 atom stereocenters. The molecule has 2 heterocycles. The first-order valence-electron chi connectivity index (χ1n) is 8.14. The zero-order chi connectivity index (χ0) is 19.1. The Morgan fingerprint density at radius 3 is 2.85 bits per heavy atom. The number of hydrogen-bond acceptors (Lipinski definition) is 5. The van der Waals surface area contributed by atoms with Crippen LogP contribution in [0.2, 0.25) is 0 Å². The quantitative estimate of drug-likeness (QED) is 0.564. The predicted octanol–water partition coefficient (Wildman–Crippen LogP) is 3.22. The highest BCUT2D eigenvalue weighted by atomic mass is 32.2. The Kier molecular flexibility index (Phi) is 4.60. The molecule has 1 aliphatic rings. The number of halogens is 2. The summed E-state index contributed by atoms with van der Waals surface area (Å²) in [5.74, 6) is -2.79. The van der Waals surface area contributed by atoms with Crippen LogP contribution in [-0.4, -0.2) is 27.5 Å². The van der Waals surface area contributed by atoms with Crippen molar-refractivity contribution >= 4 is 50.9 Å². The van der Waals surface area contributed by atoms with Gasteiger partial charge >= 0.3 is 0 Å². The number of anilines is 1. The summed E-state index contributed by atoms with van der Waals surface area (Å²) in [6.45, 7) is 0. The third-order valence-corrected chi connectivity index (χ3v) is 6.34. The van der Waals surface area contributed by atoms with Gasteiger partial charge in [0.2, 0.25) is 5.91 Å². The van der Waals surface area contributed by atoms with E-state index in [1.807, 2.05) is 0 Å². The monoisotopic (exact) mass is 408 g/mol. The molecule has 2 aromatic heterocycles. The van der Waals surface area contributed by atoms with Crippen LogP contribution in [0.4, 0.5) is 13.8 Å². The van der Waals surface area contributed by atoms with Crippen molar-refractivity contribution < 1.29 is 18.4 Å². The summed E-state index contributed by atoms with van der Waals surface area (Å²) in [7, 11) is 0. The van der Waals surface area contributed by atoms with Crippen molar-refractivity contribution in [1.82, 2.24) is 9.97 Å². The summed E-state index contributed by atoms with van der Waals surface area (Å²) >= 11 is 2.48. The van der Waals surface area contributed by atoms with Crippen LogP contribution in [0.5, 0.6) is 0 Å². The number of primary amides is 1. The highest BCUT2D eigenvalue weighted by Gasteiger charge is 2.26. The van der Waals surface area contributed by atoms with E-state index in [9.17, 15) is 18.4 Å². The number of nitrogens with zero attached hydrogens (tertiary/aromatic N) is 1. The van der Waals surface area contributed by atoms with Gasteiger partial charge in [0.05, 0.1) is 22.3 Å². The van der Waals surface area contributed by atoms with Crippen LogP contribution in [0, 0.1) is 11.6 Å². The number of aryl methyl sites for hydroxylation is 1. The van der Waals surface area contributed by atoms with Crippen molar-refractivity contribution in [3.8, 4) is 0 Å². The van der Waals surface area contributed by atoms with E-state index < -0.39 is 17.5 Å². The van der Waals surface area contributed by atoms with Crippen LogP contribution in [-0.2, 0) is 17.6 Å². The van der Waals surface area contributed by atoms with Gasteiger partial charge in [-0.25, -0.2) is 13.8 Å². The van der Waals surface area contributed by atoms with Gasteiger partial charge in [-0.1, -0.05) is 11.8 Å². The third-order valence-electron chi connectivity index (χ3n) is 4.26. The second kappa shape index (κ2) is 6.93. The topological polar surface area (TPSA) is 101 Å². The fourth-order valence-electron chi connectivity index (χ4n) is 3.10. The number of carbonyl (C=O) groups is 2. The van der Waals surface area contributed by atoms with Crippen LogP contribution in [0.3, 0.4) is 0 Å². The lowest BCUT2D eigenvalue weighted by Crippen LogP contribution is -2.18. The molecule has 1 aromatic carbocycles. The van der Waals surface area contributed by atoms with E-state index in [0.29, 0.717) is 21.2 Å². The average Bonchev–Trinajstić information content (AvgIpc) is 3.27. The van der Waals surface area contributed by atoms with Gasteiger partial charge < -0.3 is 16.0 Å². The zero-order valence-electron chi connectivity index (χ0n) is 13.9. The number of H-pyrrole nitrogens is 1. The molecule has 10 heteroatoms. The summed E-state index contributed by atoms with van der Waals surface area (Å²) in [4.78, 5) is 32.1. The Balaban J connectivity index is 1.46. The number of rotatable bonds is 5. The number of fused-ring (bicyclic) bond motifs is 2. The first kappa shape index (κ1) is 17.9. The second-order valence-corrected chi connectivity index (χ2v) is 8.16. The number of thiophene rings is 1. The lowest BCUT2D eigenvalue weighted by Gasteiger charge is -2.05. The van der Waals surface area contributed by atoms with Crippen LogP contribution < -0.4 is 11.1 Å². The van der Waals surface area contributed by atoms with E-state index in [4.69, 9.17) is 5.73 Å². The van der Waals surface area contributed by atoms with Crippen molar-refractivity contribution in [2.75, 3.05) is 11.1 Å². The van der Waals surface area contributed by atoms with Gasteiger partial charge in [-0.05, 0) is 24.8 Å². The van der Waals surface area contributed by atoms with E-state index in [1.54, 1.807) is 0 Å². The van der Waals surface area contributed by atoms with E-state index in [0.717, 1.165) is 53.6 Å². The van der Waals surface area contributed by atoms with Crippen molar-refractivity contribution in [1.29, 1.82) is 0 Å². The standard InChI is InChI=1S/C17H14F2N4O2S2/c18-8-4-10-11(5-9(8)19)22-17(21-10)26-6-13(24)23-16-14(15(20)25)7-2-1-3-12(7)27-16/h4-5H,1-3,6H2,(H2,20,25)(H,21,22)(H,23,24). The maximum absolute atomic E-state index is 13.3. The minimum Gasteiger partial charge on any atom is -0.365 e.